The second-order valence-electron chi connectivity index (χ2n) is 9.02. The molecular formula is C29H41N3O3. The standard InChI is InChI=1S/C29H41N3O3/c1-4-23(5-2)29(33)30-19-10-6-7-18-28-31-26-16-8-9-17-27(26)32(28)20-11-12-21-35-25-15-13-14-24(22-25)34-3/h8-9,13-17,22-23H,4-7,10-12,18-21H2,1-3H3,(H,30,33). The Morgan fingerprint density at radius 3 is 2.57 bits per heavy atom. The summed E-state index contributed by atoms with van der Waals surface area (Å²) in [4.78, 5) is 17.0. The highest BCUT2D eigenvalue weighted by Gasteiger charge is 2.13. The van der Waals surface area contributed by atoms with Crippen LogP contribution in [0.2, 0.25) is 0 Å². The number of para-hydroxylation sites is 2. The van der Waals surface area contributed by atoms with Crippen molar-refractivity contribution in [2.75, 3.05) is 20.3 Å². The van der Waals surface area contributed by atoms with Gasteiger partial charge >= 0.3 is 0 Å². The first-order valence-corrected chi connectivity index (χ1v) is 13.1. The van der Waals surface area contributed by atoms with Crippen LogP contribution < -0.4 is 14.8 Å². The number of hydrogen-bond donors (Lipinski definition) is 1. The molecule has 0 bridgehead atoms. The first-order valence-electron chi connectivity index (χ1n) is 13.1. The van der Waals surface area contributed by atoms with Crippen molar-refractivity contribution in [2.24, 2.45) is 5.92 Å². The number of ether oxygens (including phenoxy) is 2. The zero-order valence-electron chi connectivity index (χ0n) is 21.6. The Hall–Kier alpha value is -3.02. The van der Waals surface area contributed by atoms with Gasteiger partial charge in [-0.1, -0.05) is 38.5 Å². The van der Waals surface area contributed by atoms with Gasteiger partial charge < -0.3 is 19.4 Å². The van der Waals surface area contributed by atoms with Crippen LogP contribution in [0.15, 0.2) is 48.5 Å². The molecule has 35 heavy (non-hydrogen) atoms. The number of rotatable bonds is 16. The number of nitrogens with zero attached hydrogens (tertiary/aromatic N) is 2. The highest BCUT2D eigenvalue weighted by molar-refractivity contribution is 5.78. The van der Waals surface area contributed by atoms with E-state index in [1.807, 2.05) is 30.3 Å². The fourth-order valence-corrected chi connectivity index (χ4v) is 4.42. The molecule has 1 aromatic heterocycles. The molecule has 6 heteroatoms. The van der Waals surface area contributed by atoms with E-state index in [-0.39, 0.29) is 11.8 Å². The summed E-state index contributed by atoms with van der Waals surface area (Å²) < 4.78 is 13.5. The number of carbonyl (C=O) groups is 1. The van der Waals surface area contributed by atoms with E-state index in [1.54, 1.807) is 7.11 Å². The van der Waals surface area contributed by atoms with Gasteiger partial charge in [0.1, 0.15) is 17.3 Å². The fraction of sp³-hybridized carbons (Fsp3) is 0.517. The Morgan fingerprint density at radius 1 is 0.971 bits per heavy atom. The Labute approximate surface area is 210 Å². The Balaban J connectivity index is 1.44. The Kier molecular flexibility index (Phi) is 10.9. The van der Waals surface area contributed by atoms with E-state index in [0.717, 1.165) is 87.3 Å². The van der Waals surface area contributed by atoms with E-state index in [9.17, 15) is 4.79 Å². The first kappa shape index (κ1) is 26.6. The molecule has 1 amide bonds. The van der Waals surface area contributed by atoms with Gasteiger partial charge in [-0.15, -0.1) is 0 Å². The Morgan fingerprint density at radius 2 is 1.77 bits per heavy atom. The molecule has 0 aliphatic rings. The number of carbonyl (C=O) groups excluding carboxylic acids is 1. The molecule has 0 saturated heterocycles. The summed E-state index contributed by atoms with van der Waals surface area (Å²) in [5, 5.41) is 3.10. The molecule has 0 radical (unpaired) electrons. The first-order chi connectivity index (χ1) is 17.2. The van der Waals surface area contributed by atoms with Crippen LogP contribution >= 0.6 is 0 Å². The lowest BCUT2D eigenvalue weighted by atomic mass is 10.0. The summed E-state index contributed by atoms with van der Waals surface area (Å²) in [6.45, 7) is 6.53. The SMILES string of the molecule is CCC(CC)C(=O)NCCCCCc1nc2ccccc2n1CCCCOc1cccc(OC)c1. The molecule has 0 saturated carbocycles. The number of amides is 1. The highest BCUT2D eigenvalue weighted by Crippen LogP contribution is 2.21. The molecule has 1 heterocycles. The number of hydrogen-bond acceptors (Lipinski definition) is 4. The van der Waals surface area contributed by atoms with Crippen LogP contribution in [-0.2, 0) is 17.8 Å². The lowest BCUT2D eigenvalue weighted by molar-refractivity contribution is -0.125. The number of benzene rings is 2. The predicted molar refractivity (Wildman–Crippen MR) is 142 cm³/mol. The Bertz CT molecular complexity index is 1040. The van der Waals surface area contributed by atoms with E-state index in [0.29, 0.717) is 6.61 Å². The van der Waals surface area contributed by atoms with Gasteiger partial charge in [-0.05, 0) is 62.8 Å². The molecule has 0 fully saturated rings. The van der Waals surface area contributed by atoms with Crippen molar-refractivity contribution in [3.63, 3.8) is 0 Å². The molecule has 0 unspecified atom stereocenters. The largest absolute Gasteiger partial charge is 0.497 e. The number of nitrogens with one attached hydrogen (secondary N) is 1. The molecule has 0 aliphatic heterocycles. The summed E-state index contributed by atoms with van der Waals surface area (Å²) in [6, 6.07) is 16.1. The molecule has 190 valence electrons. The number of fused-ring (bicyclic) bond motifs is 1. The molecule has 0 aliphatic carbocycles. The maximum Gasteiger partial charge on any atom is 0.223 e. The van der Waals surface area contributed by atoms with Gasteiger partial charge in [-0.3, -0.25) is 4.79 Å². The lowest BCUT2D eigenvalue weighted by Crippen LogP contribution is -2.30. The molecule has 1 N–H and O–H groups in total. The highest BCUT2D eigenvalue weighted by atomic mass is 16.5. The summed E-state index contributed by atoms with van der Waals surface area (Å²) >= 11 is 0. The topological polar surface area (TPSA) is 65.4 Å². The van der Waals surface area contributed by atoms with Crippen LogP contribution in [0.5, 0.6) is 11.5 Å². The van der Waals surface area contributed by atoms with Crippen LogP contribution in [0.1, 0.15) is 64.6 Å². The third-order valence-corrected chi connectivity index (χ3v) is 6.55. The number of methoxy groups -OCH3 is 1. The van der Waals surface area contributed by atoms with Crippen LogP contribution in [0, 0.1) is 5.92 Å². The average molecular weight is 480 g/mol. The van der Waals surface area contributed by atoms with Gasteiger partial charge in [0.25, 0.3) is 0 Å². The van der Waals surface area contributed by atoms with Crippen molar-refractivity contribution in [2.45, 2.75) is 71.8 Å². The van der Waals surface area contributed by atoms with Gasteiger partial charge in [-0.25, -0.2) is 4.98 Å². The second-order valence-corrected chi connectivity index (χ2v) is 9.02. The van der Waals surface area contributed by atoms with Crippen molar-refractivity contribution in [3.8, 4) is 11.5 Å². The smallest absolute Gasteiger partial charge is 0.223 e. The third kappa shape index (κ3) is 8.01. The van der Waals surface area contributed by atoms with Gasteiger partial charge in [0.05, 0.1) is 24.8 Å². The van der Waals surface area contributed by atoms with E-state index in [4.69, 9.17) is 14.5 Å². The summed E-state index contributed by atoms with van der Waals surface area (Å²) in [7, 11) is 1.67. The van der Waals surface area contributed by atoms with Gasteiger partial charge in [0, 0.05) is 31.5 Å². The van der Waals surface area contributed by atoms with Gasteiger partial charge in [0.2, 0.25) is 5.91 Å². The summed E-state index contributed by atoms with van der Waals surface area (Å²) in [5.74, 6) is 3.16. The zero-order valence-corrected chi connectivity index (χ0v) is 21.6. The van der Waals surface area contributed by atoms with Crippen LogP contribution in [0.4, 0.5) is 0 Å². The van der Waals surface area contributed by atoms with Crippen molar-refractivity contribution < 1.29 is 14.3 Å². The molecule has 3 rings (SSSR count). The molecular weight excluding hydrogens is 438 g/mol. The third-order valence-electron chi connectivity index (χ3n) is 6.55. The number of aryl methyl sites for hydroxylation is 2. The number of aromatic nitrogens is 2. The maximum absolute atomic E-state index is 12.1. The summed E-state index contributed by atoms with van der Waals surface area (Å²) in [5.41, 5.74) is 2.27. The fourth-order valence-electron chi connectivity index (χ4n) is 4.42. The quantitative estimate of drug-likeness (QED) is 0.250. The average Bonchev–Trinajstić information content (AvgIpc) is 3.24. The van der Waals surface area contributed by atoms with Crippen molar-refractivity contribution in [1.82, 2.24) is 14.9 Å². The second kappa shape index (κ2) is 14.4. The van der Waals surface area contributed by atoms with Crippen molar-refractivity contribution in [1.29, 1.82) is 0 Å². The minimum Gasteiger partial charge on any atom is -0.497 e. The lowest BCUT2D eigenvalue weighted by Gasteiger charge is -2.12. The molecule has 6 nitrogen and oxygen atoms in total. The van der Waals surface area contributed by atoms with E-state index in [2.05, 4.69) is 41.9 Å². The predicted octanol–water partition coefficient (Wildman–Crippen LogP) is 6.17. The number of unbranched alkanes of at least 4 members (excludes halogenated alkanes) is 3. The van der Waals surface area contributed by atoms with Crippen molar-refractivity contribution >= 4 is 16.9 Å². The molecule has 3 aromatic rings. The van der Waals surface area contributed by atoms with E-state index < -0.39 is 0 Å². The minimum atomic E-state index is 0.149. The van der Waals surface area contributed by atoms with Gasteiger partial charge in [0.15, 0.2) is 0 Å². The monoisotopic (exact) mass is 479 g/mol. The minimum absolute atomic E-state index is 0.149. The zero-order chi connectivity index (χ0) is 24.9. The molecule has 0 spiro atoms. The van der Waals surface area contributed by atoms with E-state index in [1.165, 1.54) is 5.52 Å². The van der Waals surface area contributed by atoms with Crippen molar-refractivity contribution in [3.05, 3.63) is 54.4 Å². The van der Waals surface area contributed by atoms with E-state index >= 15 is 0 Å². The summed E-state index contributed by atoms with van der Waals surface area (Å²) in [6.07, 6.45) is 7.93. The van der Waals surface area contributed by atoms with Crippen LogP contribution in [-0.4, -0.2) is 35.7 Å². The number of imidazole rings is 1. The molecule has 0 atom stereocenters. The molecule has 2 aromatic carbocycles. The van der Waals surface area contributed by atoms with Crippen LogP contribution in [0.25, 0.3) is 11.0 Å². The maximum atomic E-state index is 12.1. The van der Waals surface area contributed by atoms with Crippen LogP contribution in [0.3, 0.4) is 0 Å². The van der Waals surface area contributed by atoms with Gasteiger partial charge in [-0.2, -0.15) is 0 Å². The normalized spacial score (nSPS) is 11.2.